The first-order valence-electron chi connectivity index (χ1n) is 8.12. The van der Waals surface area contributed by atoms with E-state index in [9.17, 15) is 0 Å². The highest BCUT2D eigenvalue weighted by Gasteiger charge is 2.21. The molecule has 1 N–H and O–H groups in total. The minimum atomic E-state index is 0.608. The van der Waals surface area contributed by atoms with Crippen molar-refractivity contribution in [1.29, 1.82) is 0 Å². The summed E-state index contributed by atoms with van der Waals surface area (Å²) in [6, 6.07) is 10.7. The molecule has 2 rings (SSSR count). The van der Waals surface area contributed by atoms with Gasteiger partial charge in [0.25, 0.3) is 0 Å². The molecule has 1 saturated carbocycles. The molecule has 1 aromatic rings. The van der Waals surface area contributed by atoms with Crippen molar-refractivity contribution in [3.63, 3.8) is 0 Å². The Morgan fingerprint density at radius 2 is 1.85 bits per heavy atom. The second-order valence-electron chi connectivity index (χ2n) is 6.50. The van der Waals surface area contributed by atoms with Crippen LogP contribution >= 0.6 is 0 Å². The Morgan fingerprint density at radius 3 is 2.40 bits per heavy atom. The first kappa shape index (κ1) is 15.5. The molecule has 0 amide bonds. The topological polar surface area (TPSA) is 15.3 Å². The van der Waals surface area contributed by atoms with Gasteiger partial charge in [0.05, 0.1) is 0 Å². The SMILES string of the molecule is CCC(C)N(C)Cc1ccc(C(C)CNC2CC2)cc1. The summed E-state index contributed by atoms with van der Waals surface area (Å²) in [4.78, 5) is 2.42. The average Bonchev–Trinajstić information content (AvgIpc) is 3.28. The molecule has 0 saturated heterocycles. The van der Waals surface area contributed by atoms with Crippen LogP contribution in [0.1, 0.15) is 57.1 Å². The zero-order valence-electron chi connectivity index (χ0n) is 13.5. The maximum absolute atomic E-state index is 3.62. The van der Waals surface area contributed by atoms with Crippen molar-refractivity contribution in [3.05, 3.63) is 35.4 Å². The number of hydrogen-bond acceptors (Lipinski definition) is 2. The van der Waals surface area contributed by atoms with Gasteiger partial charge < -0.3 is 5.32 Å². The monoisotopic (exact) mass is 274 g/mol. The molecule has 0 heterocycles. The van der Waals surface area contributed by atoms with Gasteiger partial charge >= 0.3 is 0 Å². The van der Waals surface area contributed by atoms with Gasteiger partial charge in [0, 0.05) is 25.2 Å². The third-order valence-corrected chi connectivity index (χ3v) is 4.61. The summed E-state index contributed by atoms with van der Waals surface area (Å²) in [7, 11) is 2.21. The van der Waals surface area contributed by atoms with Crippen molar-refractivity contribution >= 4 is 0 Å². The molecule has 0 spiro atoms. The van der Waals surface area contributed by atoms with Gasteiger partial charge in [0.2, 0.25) is 0 Å². The quantitative estimate of drug-likeness (QED) is 0.776. The van der Waals surface area contributed by atoms with Crippen molar-refractivity contribution in [2.24, 2.45) is 0 Å². The highest BCUT2D eigenvalue weighted by atomic mass is 15.1. The highest BCUT2D eigenvalue weighted by Crippen LogP contribution is 2.21. The van der Waals surface area contributed by atoms with Crippen molar-refractivity contribution in [2.75, 3.05) is 13.6 Å². The van der Waals surface area contributed by atoms with Crippen LogP contribution in [0.2, 0.25) is 0 Å². The van der Waals surface area contributed by atoms with Crippen molar-refractivity contribution in [3.8, 4) is 0 Å². The Hall–Kier alpha value is -0.860. The van der Waals surface area contributed by atoms with E-state index >= 15 is 0 Å². The van der Waals surface area contributed by atoms with E-state index in [2.05, 4.69) is 62.3 Å². The number of benzene rings is 1. The maximum Gasteiger partial charge on any atom is 0.0233 e. The van der Waals surface area contributed by atoms with Crippen LogP contribution in [0.25, 0.3) is 0 Å². The van der Waals surface area contributed by atoms with E-state index in [1.165, 1.54) is 30.4 Å². The Labute approximate surface area is 124 Å². The molecule has 1 fully saturated rings. The lowest BCUT2D eigenvalue weighted by Crippen LogP contribution is -2.27. The van der Waals surface area contributed by atoms with E-state index in [0.717, 1.165) is 19.1 Å². The largest absolute Gasteiger partial charge is 0.313 e. The van der Waals surface area contributed by atoms with Gasteiger partial charge in [-0.1, -0.05) is 38.1 Å². The van der Waals surface area contributed by atoms with Crippen LogP contribution in [0.15, 0.2) is 24.3 Å². The fraction of sp³-hybridized carbons (Fsp3) is 0.667. The van der Waals surface area contributed by atoms with Crippen LogP contribution in [-0.4, -0.2) is 30.6 Å². The zero-order valence-corrected chi connectivity index (χ0v) is 13.5. The van der Waals surface area contributed by atoms with Gasteiger partial charge in [-0.25, -0.2) is 0 Å². The second kappa shape index (κ2) is 7.24. The fourth-order valence-electron chi connectivity index (χ4n) is 2.46. The van der Waals surface area contributed by atoms with Crippen LogP contribution in [0.5, 0.6) is 0 Å². The third-order valence-electron chi connectivity index (χ3n) is 4.61. The number of hydrogen-bond donors (Lipinski definition) is 1. The smallest absolute Gasteiger partial charge is 0.0233 e. The Bertz CT molecular complexity index is 394. The normalized spacial score (nSPS) is 18.2. The summed E-state index contributed by atoms with van der Waals surface area (Å²) >= 11 is 0. The molecule has 2 heteroatoms. The van der Waals surface area contributed by atoms with Crippen molar-refractivity contribution in [2.45, 2.75) is 64.6 Å². The summed E-state index contributed by atoms with van der Waals surface area (Å²) in [5.74, 6) is 0.608. The molecule has 1 aliphatic carbocycles. The van der Waals surface area contributed by atoms with E-state index in [1.807, 2.05) is 0 Å². The molecule has 112 valence electrons. The summed E-state index contributed by atoms with van der Waals surface area (Å²) in [5.41, 5.74) is 2.87. The predicted octanol–water partition coefficient (Wildman–Crippen LogP) is 3.77. The molecule has 20 heavy (non-hydrogen) atoms. The van der Waals surface area contributed by atoms with Gasteiger partial charge in [-0.3, -0.25) is 4.90 Å². The lowest BCUT2D eigenvalue weighted by Gasteiger charge is -2.23. The zero-order chi connectivity index (χ0) is 14.5. The van der Waals surface area contributed by atoms with Crippen LogP contribution in [0.4, 0.5) is 0 Å². The van der Waals surface area contributed by atoms with Crippen LogP contribution in [0, 0.1) is 0 Å². The lowest BCUT2D eigenvalue weighted by molar-refractivity contribution is 0.244. The third kappa shape index (κ3) is 4.60. The summed E-state index contributed by atoms with van der Waals surface area (Å²) in [6.07, 6.45) is 3.94. The Morgan fingerprint density at radius 1 is 1.20 bits per heavy atom. The number of rotatable bonds is 8. The maximum atomic E-state index is 3.62. The molecule has 1 aliphatic rings. The molecular weight excluding hydrogens is 244 g/mol. The van der Waals surface area contributed by atoms with E-state index in [4.69, 9.17) is 0 Å². The molecule has 0 aliphatic heterocycles. The molecular formula is C18H30N2. The van der Waals surface area contributed by atoms with E-state index < -0.39 is 0 Å². The molecule has 1 aromatic carbocycles. The molecule has 0 bridgehead atoms. The van der Waals surface area contributed by atoms with Gasteiger partial charge in [-0.2, -0.15) is 0 Å². The molecule has 0 radical (unpaired) electrons. The summed E-state index contributed by atoms with van der Waals surface area (Å²) in [5, 5.41) is 3.62. The van der Waals surface area contributed by atoms with Crippen LogP contribution in [-0.2, 0) is 6.54 Å². The van der Waals surface area contributed by atoms with Gasteiger partial charge in [-0.15, -0.1) is 0 Å². The Balaban J connectivity index is 1.84. The first-order chi connectivity index (χ1) is 9.60. The fourth-order valence-corrected chi connectivity index (χ4v) is 2.46. The molecule has 0 aromatic heterocycles. The standard InChI is InChI=1S/C18H30N2/c1-5-15(3)20(4)13-16-6-8-17(9-7-16)14(2)12-19-18-10-11-18/h6-9,14-15,18-19H,5,10-13H2,1-4H3. The summed E-state index contributed by atoms with van der Waals surface area (Å²) in [6.45, 7) is 9.01. The number of nitrogens with one attached hydrogen (secondary N) is 1. The number of nitrogens with zero attached hydrogens (tertiary/aromatic N) is 1. The van der Waals surface area contributed by atoms with E-state index in [1.54, 1.807) is 0 Å². The van der Waals surface area contributed by atoms with Crippen LogP contribution in [0.3, 0.4) is 0 Å². The average molecular weight is 274 g/mol. The predicted molar refractivity (Wildman–Crippen MR) is 87.1 cm³/mol. The van der Waals surface area contributed by atoms with Gasteiger partial charge in [0.1, 0.15) is 0 Å². The molecule has 2 unspecified atom stereocenters. The van der Waals surface area contributed by atoms with Crippen LogP contribution < -0.4 is 5.32 Å². The van der Waals surface area contributed by atoms with E-state index in [-0.39, 0.29) is 0 Å². The molecule has 2 atom stereocenters. The van der Waals surface area contributed by atoms with Crippen molar-refractivity contribution in [1.82, 2.24) is 10.2 Å². The highest BCUT2D eigenvalue weighted by molar-refractivity contribution is 5.25. The minimum Gasteiger partial charge on any atom is -0.313 e. The van der Waals surface area contributed by atoms with Gasteiger partial charge in [-0.05, 0) is 50.3 Å². The minimum absolute atomic E-state index is 0.608. The summed E-state index contributed by atoms with van der Waals surface area (Å²) < 4.78 is 0. The molecule has 2 nitrogen and oxygen atoms in total. The first-order valence-corrected chi connectivity index (χ1v) is 8.12. The Kier molecular flexibility index (Phi) is 5.62. The van der Waals surface area contributed by atoms with Crippen molar-refractivity contribution < 1.29 is 0 Å². The van der Waals surface area contributed by atoms with Gasteiger partial charge in [0.15, 0.2) is 0 Å². The lowest BCUT2D eigenvalue weighted by atomic mass is 9.99. The second-order valence-corrected chi connectivity index (χ2v) is 6.50. The van der Waals surface area contributed by atoms with E-state index in [0.29, 0.717) is 12.0 Å².